The molecular weight excluding hydrogens is 683 g/mol. The molecule has 0 bridgehead atoms. The largest absolute Gasteiger partial charge is 0.309 e. The average Bonchev–Trinajstić information content (AvgIpc) is 3.79. The van der Waals surface area contributed by atoms with Crippen LogP contribution in [0.5, 0.6) is 0 Å². The van der Waals surface area contributed by atoms with E-state index < -0.39 is 0 Å². The number of para-hydroxylation sites is 3. The van der Waals surface area contributed by atoms with Gasteiger partial charge in [-0.15, -0.1) is 0 Å². The van der Waals surface area contributed by atoms with Crippen LogP contribution in [0.15, 0.2) is 200 Å². The first-order valence-corrected chi connectivity index (χ1v) is 18.9. The molecule has 0 unspecified atom stereocenters. The summed E-state index contributed by atoms with van der Waals surface area (Å²) in [6.07, 6.45) is 1.89. The second-order valence-electron chi connectivity index (χ2n) is 14.1. The van der Waals surface area contributed by atoms with Crippen LogP contribution in [-0.2, 0) is 0 Å². The first-order valence-electron chi connectivity index (χ1n) is 18.9. The Kier molecular flexibility index (Phi) is 7.42. The van der Waals surface area contributed by atoms with Crippen LogP contribution in [0.1, 0.15) is 0 Å². The highest BCUT2D eigenvalue weighted by molar-refractivity contribution is 6.12. The van der Waals surface area contributed by atoms with Gasteiger partial charge in [0.25, 0.3) is 0 Å². The molecule has 0 N–H and O–H groups in total. The number of pyridine rings is 1. The maximum Gasteiger partial charge on any atom is 0.161 e. The summed E-state index contributed by atoms with van der Waals surface area (Å²) in [5.74, 6) is 1.48. The van der Waals surface area contributed by atoms with Crippen molar-refractivity contribution >= 4 is 43.6 Å². The summed E-state index contributed by atoms with van der Waals surface area (Å²) in [6.45, 7) is 0. The number of hydrogen-bond donors (Lipinski definition) is 0. The van der Waals surface area contributed by atoms with Crippen molar-refractivity contribution in [2.24, 2.45) is 0 Å². The lowest BCUT2D eigenvalue weighted by Crippen LogP contribution is -1.99. The van der Waals surface area contributed by atoms with Gasteiger partial charge in [0.15, 0.2) is 5.82 Å². The van der Waals surface area contributed by atoms with Crippen molar-refractivity contribution in [1.29, 1.82) is 0 Å². The third-order valence-corrected chi connectivity index (χ3v) is 10.8. The molecule has 0 amide bonds. The standard InChI is InChI=1S/C51H33N5/c1-4-14-34(15-5-1)44-32-45(35-16-6-2-7-17-35)54-51(53-44)38-26-29-50(52-33-38)56-47-23-13-11-21-41(47)43-31-37(25-28-49(43)56)36-24-27-48-42(30-36)40-20-10-12-22-46(40)55(48)39-18-8-3-9-19-39/h1-33H. The van der Waals surface area contributed by atoms with Gasteiger partial charge in [-0.25, -0.2) is 15.0 Å². The molecule has 0 aliphatic rings. The maximum absolute atomic E-state index is 5.05. The zero-order chi connectivity index (χ0) is 37.0. The molecule has 0 radical (unpaired) electrons. The SMILES string of the molecule is c1ccc(-c2cc(-c3ccccc3)nc(-c3ccc(-n4c5ccccc5c5cc(-c6ccc7c(c6)c6ccccc6n7-c6ccccc6)ccc54)nc3)n2)cc1. The Balaban J connectivity index is 1.01. The van der Waals surface area contributed by atoms with Gasteiger partial charge in [0.2, 0.25) is 0 Å². The minimum absolute atomic E-state index is 0.639. The van der Waals surface area contributed by atoms with Crippen LogP contribution in [0.2, 0.25) is 0 Å². The van der Waals surface area contributed by atoms with Crippen molar-refractivity contribution in [3.05, 3.63) is 200 Å². The lowest BCUT2D eigenvalue weighted by atomic mass is 10.0. The molecule has 0 aliphatic carbocycles. The molecule has 11 aromatic rings. The van der Waals surface area contributed by atoms with E-state index in [4.69, 9.17) is 15.0 Å². The van der Waals surface area contributed by atoms with Crippen molar-refractivity contribution in [2.45, 2.75) is 0 Å². The predicted octanol–water partition coefficient (Wildman–Crippen LogP) is 12.7. The third-order valence-electron chi connectivity index (χ3n) is 10.8. The highest BCUT2D eigenvalue weighted by Crippen LogP contribution is 2.38. The fourth-order valence-corrected chi connectivity index (χ4v) is 8.15. The lowest BCUT2D eigenvalue weighted by molar-refractivity contribution is 1.07. The Morgan fingerprint density at radius 3 is 1.34 bits per heavy atom. The van der Waals surface area contributed by atoms with Gasteiger partial charge < -0.3 is 4.57 Å². The zero-order valence-electron chi connectivity index (χ0n) is 30.3. The molecule has 5 nitrogen and oxygen atoms in total. The number of benzene rings is 7. The fraction of sp³-hybridized carbons (Fsp3) is 0. The molecule has 4 heterocycles. The van der Waals surface area contributed by atoms with Gasteiger partial charge in [-0.3, -0.25) is 4.57 Å². The molecule has 5 heteroatoms. The Bertz CT molecular complexity index is 3160. The highest BCUT2D eigenvalue weighted by Gasteiger charge is 2.17. The van der Waals surface area contributed by atoms with E-state index >= 15 is 0 Å². The molecule has 0 saturated carbocycles. The molecule has 262 valence electrons. The Labute approximate surface area is 323 Å². The van der Waals surface area contributed by atoms with Crippen LogP contribution in [0.25, 0.3) is 100 Å². The fourth-order valence-electron chi connectivity index (χ4n) is 8.15. The molecule has 0 atom stereocenters. The molecule has 0 aliphatic heterocycles. The van der Waals surface area contributed by atoms with Gasteiger partial charge in [0.1, 0.15) is 5.82 Å². The third kappa shape index (κ3) is 5.29. The van der Waals surface area contributed by atoms with Crippen LogP contribution in [-0.4, -0.2) is 24.1 Å². The van der Waals surface area contributed by atoms with E-state index in [0.717, 1.165) is 50.6 Å². The first-order chi connectivity index (χ1) is 27.8. The smallest absolute Gasteiger partial charge is 0.161 e. The van der Waals surface area contributed by atoms with Crippen LogP contribution in [0, 0.1) is 0 Å². The first kappa shape index (κ1) is 31.9. The second-order valence-corrected chi connectivity index (χ2v) is 14.1. The van der Waals surface area contributed by atoms with Crippen molar-refractivity contribution in [3.8, 4) is 56.5 Å². The summed E-state index contributed by atoms with van der Waals surface area (Å²) < 4.78 is 4.61. The topological polar surface area (TPSA) is 48.5 Å². The van der Waals surface area contributed by atoms with Crippen molar-refractivity contribution in [1.82, 2.24) is 24.1 Å². The van der Waals surface area contributed by atoms with Gasteiger partial charge >= 0.3 is 0 Å². The van der Waals surface area contributed by atoms with E-state index in [0.29, 0.717) is 5.82 Å². The molecular formula is C51H33N5. The molecule has 56 heavy (non-hydrogen) atoms. The van der Waals surface area contributed by atoms with E-state index in [9.17, 15) is 0 Å². The van der Waals surface area contributed by atoms with Crippen molar-refractivity contribution in [3.63, 3.8) is 0 Å². The van der Waals surface area contributed by atoms with Crippen LogP contribution in [0.3, 0.4) is 0 Å². The van der Waals surface area contributed by atoms with Gasteiger partial charge in [-0.1, -0.05) is 127 Å². The summed E-state index contributed by atoms with van der Waals surface area (Å²) in [6, 6.07) is 68.3. The Hall–Kier alpha value is -7.63. The quantitative estimate of drug-likeness (QED) is 0.172. The number of fused-ring (bicyclic) bond motifs is 6. The summed E-state index contributed by atoms with van der Waals surface area (Å²) in [4.78, 5) is 15.1. The van der Waals surface area contributed by atoms with Gasteiger partial charge in [0.05, 0.1) is 33.5 Å². The normalized spacial score (nSPS) is 11.6. The minimum atomic E-state index is 0.639. The van der Waals surface area contributed by atoms with E-state index in [-0.39, 0.29) is 0 Å². The van der Waals surface area contributed by atoms with Gasteiger partial charge in [-0.2, -0.15) is 0 Å². The molecule has 0 spiro atoms. The summed E-state index contributed by atoms with van der Waals surface area (Å²) in [5.41, 5.74) is 12.8. The average molecular weight is 716 g/mol. The van der Waals surface area contributed by atoms with Crippen molar-refractivity contribution in [2.75, 3.05) is 0 Å². The lowest BCUT2D eigenvalue weighted by Gasteiger charge is -2.11. The number of rotatable bonds is 6. The molecule has 0 saturated heterocycles. The minimum Gasteiger partial charge on any atom is -0.309 e. The monoisotopic (exact) mass is 715 g/mol. The highest BCUT2D eigenvalue weighted by atomic mass is 15.1. The van der Waals surface area contributed by atoms with E-state index in [1.54, 1.807) is 0 Å². The second kappa shape index (κ2) is 13.0. The van der Waals surface area contributed by atoms with Crippen LogP contribution >= 0.6 is 0 Å². The summed E-state index contributed by atoms with van der Waals surface area (Å²) in [7, 11) is 0. The number of aromatic nitrogens is 5. The van der Waals surface area contributed by atoms with E-state index in [1.807, 2.05) is 42.6 Å². The Morgan fingerprint density at radius 2 is 0.786 bits per heavy atom. The molecule has 0 fully saturated rings. The van der Waals surface area contributed by atoms with E-state index in [1.165, 1.54) is 43.7 Å². The van der Waals surface area contributed by atoms with Crippen LogP contribution in [0.4, 0.5) is 0 Å². The predicted molar refractivity (Wildman–Crippen MR) is 230 cm³/mol. The van der Waals surface area contributed by atoms with E-state index in [2.05, 4.69) is 167 Å². The zero-order valence-corrected chi connectivity index (χ0v) is 30.3. The maximum atomic E-state index is 5.05. The van der Waals surface area contributed by atoms with Gasteiger partial charge in [0, 0.05) is 50.1 Å². The van der Waals surface area contributed by atoms with Gasteiger partial charge in [-0.05, 0) is 77.9 Å². The summed E-state index contributed by atoms with van der Waals surface area (Å²) in [5, 5.41) is 4.85. The molecule has 4 aromatic heterocycles. The van der Waals surface area contributed by atoms with Crippen molar-refractivity contribution < 1.29 is 0 Å². The number of hydrogen-bond acceptors (Lipinski definition) is 3. The Morgan fingerprint density at radius 1 is 0.321 bits per heavy atom. The molecule has 11 rings (SSSR count). The van der Waals surface area contributed by atoms with Crippen LogP contribution < -0.4 is 0 Å². The summed E-state index contributed by atoms with van der Waals surface area (Å²) >= 11 is 0. The number of nitrogens with zero attached hydrogens (tertiary/aromatic N) is 5. The molecule has 7 aromatic carbocycles.